The number of esters is 6. The second-order valence-electron chi connectivity index (χ2n) is 21.7. The van der Waals surface area contributed by atoms with Crippen molar-refractivity contribution in [1.29, 1.82) is 0 Å². The third-order valence-electron chi connectivity index (χ3n) is 15.9. The fourth-order valence-corrected chi connectivity index (χ4v) is 11.3. The molecule has 23 heteroatoms. The summed E-state index contributed by atoms with van der Waals surface area (Å²) in [7, 11) is 6.99. The highest BCUT2D eigenvalue weighted by atomic mass is 79.9. The van der Waals surface area contributed by atoms with Crippen molar-refractivity contribution in [2.45, 2.75) is 109 Å². The number of aryl methyl sites for hydroxylation is 3. The monoisotopic (exact) mass is 1360 g/mol. The lowest BCUT2D eigenvalue weighted by Crippen LogP contribution is -2.18. The van der Waals surface area contributed by atoms with E-state index < -0.39 is 47.3 Å². The van der Waals surface area contributed by atoms with Gasteiger partial charge in [-0.15, -0.1) is 0 Å². The molecule has 7 rings (SSSR count). The van der Waals surface area contributed by atoms with Crippen LogP contribution in [0.3, 0.4) is 0 Å². The summed E-state index contributed by atoms with van der Waals surface area (Å²) in [6.45, 7) is 21.1. The van der Waals surface area contributed by atoms with Crippen LogP contribution in [0.4, 0.5) is 0 Å². The van der Waals surface area contributed by atoms with Crippen LogP contribution in [0.25, 0.3) is 0 Å². The minimum absolute atomic E-state index is 0.0256. The highest BCUT2D eigenvalue weighted by Gasteiger charge is 2.34. The van der Waals surface area contributed by atoms with E-state index in [-0.39, 0.29) is 125 Å². The van der Waals surface area contributed by atoms with Crippen LogP contribution in [0.2, 0.25) is 0 Å². The number of aromatic hydroxyl groups is 4. The van der Waals surface area contributed by atoms with E-state index in [4.69, 9.17) is 56.8 Å². The van der Waals surface area contributed by atoms with Gasteiger partial charge in [-0.1, -0.05) is 44.2 Å². The van der Waals surface area contributed by atoms with Gasteiger partial charge in [0.05, 0.1) is 21.3 Å². The Balaban J connectivity index is 0.000000378. The Morgan fingerprint density at radius 2 is 0.851 bits per heavy atom. The fraction of sp³-hybridized carbons (Fsp3) is 0.324. The number of phenolic OH excluding ortho intramolecular Hbond substituents is 4. The van der Waals surface area contributed by atoms with Gasteiger partial charge in [-0.3, -0.25) is 0 Å². The zero-order chi connectivity index (χ0) is 69.9. The van der Waals surface area contributed by atoms with Gasteiger partial charge < -0.3 is 77.3 Å². The molecular formula is C71H77BrO22. The van der Waals surface area contributed by atoms with Crippen LogP contribution in [-0.2, 0) is 38.4 Å². The Bertz CT molecular complexity index is 4080. The first-order chi connectivity index (χ1) is 44.5. The van der Waals surface area contributed by atoms with Crippen molar-refractivity contribution in [2.75, 3.05) is 49.1 Å². The smallest absolute Gasteiger partial charge is 0.347 e. The molecule has 0 radical (unpaired) electrons. The first kappa shape index (κ1) is 73.2. The topological polar surface area (TPSA) is 294 Å². The molecule has 4 N–H and O–H groups in total. The van der Waals surface area contributed by atoms with Crippen LogP contribution in [0.1, 0.15) is 154 Å². The molecule has 0 saturated heterocycles. The number of hydrogen-bond donors (Lipinski definition) is 4. The van der Waals surface area contributed by atoms with Gasteiger partial charge in [0.2, 0.25) is 0 Å². The molecule has 0 bridgehead atoms. The van der Waals surface area contributed by atoms with E-state index in [0.717, 1.165) is 5.56 Å². The Morgan fingerprint density at radius 3 is 1.32 bits per heavy atom. The maximum atomic E-state index is 13.8. The largest absolute Gasteiger partial charge is 0.508 e. The molecule has 0 spiro atoms. The van der Waals surface area contributed by atoms with Gasteiger partial charge in [-0.05, 0) is 179 Å². The molecular weight excluding hydrogens is 1280 g/mol. The highest BCUT2D eigenvalue weighted by Crippen LogP contribution is 2.46. The number of ether oxygens (including phenoxy) is 12. The quantitative estimate of drug-likeness (QED) is 0.0278. The van der Waals surface area contributed by atoms with E-state index in [1.807, 2.05) is 44.2 Å². The molecule has 0 heterocycles. The van der Waals surface area contributed by atoms with Crippen molar-refractivity contribution >= 4 is 51.7 Å². The molecule has 0 saturated carbocycles. The first-order valence-corrected chi connectivity index (χ1v) is 30.1. The minimum Gasteiger partial charge on any atom is -0.508 e. The van der Waals surface area contributed by atoms with Crippen LogP contribution < -0.4 is 37.9 Å². The number of methoxy groups -OCH3 is 5. The van der Waals surface area contributed by atoms with Crippen molar-refractivity contribution in [3.05, 3.63) is 170 Å². The number of carbonyl (C=O) groups is 6. The second-order valence-corrected chi connectivity index (χ2v) is 22.5. The molecule has 7 aromatic rings. The molecule has 0 fully saturated rings. The molecule has 0 aliphatic heterocycles. The minimum atomic E-state index is -0.998. The predicted molar refractivity (Wildman–Crippen MR) is 349 cm³/mol. The lowest BCUT2D eigenvalue weighted by Gasteiger charge is -2.22. The molecule has 0 aliphatic carbocycles. The number of carbonyl (C=O) groups excluding carboxylic acids is 6. The zero-order valence-corrected chi connectivity index (χ0v) is 57.3. The molecule has 500 valence electrons. The van der Waals surface area contributed by atoms with Gasteiger partial charge in [-0.2, -0.15) is 0 Å². The van der Waals surface area contributed by atoms with Crippen molar-refractivity contribution in [1.82, 2.24) is 0 Å². The average molecular weight is 1360 g/mol. The molecule has 94 heavy (non-hydrogen) atoms. The van der Waals surface area contributed by atoms with Gasteiger partial charge >= 0.3 is 35.8 Å². The molecule has 0 atom stereocenters. The van der Waals surface area contributed by atoms with Gasteiger partial charge in [0.1, 0.15) is 108 Å². The van der Waals surface area contributed by atoms with Crippen molar-refractivity contribution in [3.63, 3.8) is 0 Å². The van der Waals surface area contributed by atoms with Crippen LogP contribution >= 0.6 is 15.9 Å². The highest BCUT2D eigenvalue weighted by molar-refractivity contribution is 9.10. The standard InChI is InChI=1S/C48H49BrO14.C23H28O8/c1-12-32-27(6)38(45(52)60-22-56-9)43(58-11)29(8)42(32)62-47(54)36-24(3)19-33(28(7)40(36)50)61-48(55)37-25(4)26(5)44(39(49)41(37)51)63-46(53)35-23(2)18-31(20-34(35)57-10)59-21-30-16-14-13-15-17-30;1-8-15-12(3)18(22(26)30-10-28-6)21(29-7)14(5)20(15)31-23(27)17-11(2)9-16(24)13(4)19(17)25/h13-20,50-51H,12,21-22H2,1-11H3;9,24-25H,8,10H2,1-7H3. The average Bonchev–Trinajstić information content (AvgIpc) is 0.778. The Morgan fingerprint density at radius 1 is 0.404 bits per heavy atom. The van der Waals surface area contributed by atoms with Crippen molar-refractivity contribution in [2.24, 2.45) is 0 Å². The Kier molecular flexibility index (Phi) is 24.7. The van der Waals surface area contributed by atoms with E-state index in [9.17, 15) is 49.2 Å². The SMILES string of the molecule is CCc1c(C)c(C(=O)OCOC)c(OC)c(C)c1OC(=O)c1c(C)cc(O)c(C)c1O.CCc1c(C)c(C(=O)OCOC)c(OC)c(C)c1OC(=O)c1c(C)cc(OC(=O)c2c(C)c(C)c(OC(=O)c3c(C)cc(OCc4ccccc4)cc3OC)c(Br)c2O)c(C)c1O. The van der Waals surface area contributed by atoms with Crippen molar-refractivity contribution in [3.8, 4) is 69.0 Å². The molecule has 0 unspecified atom stereocenters. The molecule has 0 aromatic heterocycles. The summed E-state index contributed by atoms with van der Waals surface area (Å²) in [6.07, 6.45) is 0.825. The Labute approximate surface area is 553 Å². The molecule has 22 nitrogen and oxygen atoms in total. The maximum Gasteiger partial charge on any atom is 0.347 e. The maximum absolute atomic E-state index is 13.8. The summed E-state index contributed by atoms with van der Waals surface area (Å²) in [5.41, 5.74) is 5.83. The first-order valence-electron chi connectivity index (χ1n) is 29.3. The number of phenols is 4. The van der Waals surface area contributed by atoms with E-state index in [0.29, 0.717) is 75.3 Å². The van der Waals surface area contributed by atoms with Gasteiger partial charge in [-0.25, -0.2) is 28.8 Å². The summed E-state index contributed by atoms with van der Waals surface area (Å²) in [5, 5.41) is 43.0. The summed E-state index contributed by atoms with van der Waals surface area (Å²) in [6, 6.07) is 15.6. The van der Waals surface area contributed by atoms with Crippen LogP contribution in [0.5, 0.6) is 69.0 Å². The van der Waals surface area contributed by atoms with Gasteiger partial charge in [0, 0.05) is 42.5 Å². The van der Waals surface area contributed by atoms with E-state index in [1.165, 1.54) is 68.5 Å². The summed E-state index contributed by atoms with van der Waals surface area (Å²) >= 11 is 3.31. The third-order valence-corrected chi connectivity index (χ3v) is 16.6. The zero-order valence-electron chi connectivity index (χ0n) is 55.7. The molecule has 7 aromatic carbocycles. The summed E-state index contributed by atoms with van der Waals surface area (Å²) in [5.74, 6) is -5.02. The number of halogens is 1. The van der Waals surface area contributed by atoms with Crippen LogP contribution in [0.15, 0.2) is 59.1 Å². The summed E-state index contributed by atoms with van der Waals surface area (Å²) < 4.78 is 65.6. The van der Waals surface area contributed by atoms with E-state index >= 15 is 0 Å². The van der Waals surface area contributed by atoms with Crippen LogP contribution in [-0.4, -0.2) is 105 Å². The number of hydrogen-bond acceptors (Lipinski definition) is 22. The third kappa shape index (κ3) is 15.1. The number of rotatable bonds is 22. The van der Waals surface area contributed by atoms with E-state index in [2.05, 4.69) is 15.9 Å². The molecule has 0 aliphatic rings. The molecule has 0 amide bonds. The van der Waals surface area contributed by atoms with Gasteiger partial charge in [0.15, 0.2) is 19.3 Å². The Hall–Kier alpha value is -9.84. The normalized spacial score (nSPS) is 10.8. The second kappa shape index (κ2) is 31.7. The fourth-order valence-electron chi connectivity index (χ4n) is 10.7. The number of benzene rings is 7. The lowest BCUT2D eigenvalue weighted by molar-refractivity contribution is -0.0135. The summed E-state index contributed by atoms with van der Waals surface area (Å²) in [4.78, 5) is 79.9. The predicted octanol–water partition coefficient (Wildman–Crippen LogP) is 13.5. The van der Waals surface area contributed by atoms with Crippen molar-refractivity contribution < 1.29 is 106 Å². The van der Waals surface area contributed by atoms with E-state index in [1.54, 1.807) is 67.5 Å². The lowest BCUT2D eigenvalue weighted by atomic mass is 9.94. The van der Waals surface area contributed by atoms with Crippen LogP contribution in [0, 0.1) is 76.2 Å². The van der Waals surface area contributed by atoms with Gasteiger partial charge in [0.25, 0.3) is 0 Å².